The first-order valence-electron chi connectivity index (χ1n) is 4.76. The summed E-state index contributed by atoms with van der Waals surface area (Å²) in [6.07, 6.45) is 1.94. The molecule has 100 valence electrons. The van der Waals surface area contributed by atoms with Crippen molar-refractivity contribution >= 4 is 11.6 Å². The van der Waals surface area contributed by atoms with Crippen LogP contribution in [0.4, 0.5) is 14.5 Å². The number of hydrogen-bond donors (Lipinski definition) is 2. The lowest BCUT2D eigenvalue weighted by molar-refractivity contribution is -0.385. The van der Waals surface area contributed by atoms with Crippen molar-refractivity contribution in [1.29, 1.82) is 0 Å². The van der Waals surface area contributed by atoms with Crippen LogP contribution in [0.1, 0.15) is 0 Å². The second kappa shape index (κ2) is 5.49. The number of alkyl halides is 2. The highest BCUT2D eigenvalue weighted by molar-refractivity contribution is 5.75. The Kier molecular flexibility index (Phi) is 4.26. The second-order valence-electron chi connectivity index (χ2n) is 3.44. The van der Waals surface area contributed by atoms with Crippen molar-refractivity contribution in [2.75, 3.05) is 13.2 Å². The topological polar surface area (TPSA) is 110 Å². The van der Waals surface area contributed by atoms with E-state index in [-0.39, 0.29) is 5.69 Å². The summed E-state index contributed by atoms with van der Waals surface area (Å²) in [4.78, 5) is 20.8. The molecule has 18 heavy (non-hydrogen) atoms. The van der Waals surface area contributed by atoms with E-state index in [1.165, 1.54) is 0 Å². The molecular weight excluding hydrogens is 254 g/mol. The summed E-state index contributed by atoms with van der Waals surface area (Å²) in [6, 6.07) is 0. The average molecular weight is 264 g/mol. The van der Waals surface area contributed by atoms with Gasteiger partial charge in [-0.05, 0) is 0 Å². The van der Waals surface area contributed by atoms with Gasteiger partial charge in [-0.2, -0.15) is 5.10 Å². The largest absolute Gasteiger partial charge is 0.390 e. The quantitative estimate of drug-likeness (QED) is 0.533. The number of amides is 1. The van der Waals surface area contributed by atoms with E-state index in [0.29, 0.717) is 0 Å². The molecule has 2 N–H and O–H groups in total. The van der Waals surface area contributed by atoms with Crippen LogP contribution in [-0.2, 0) is 11.3 Å². The maximum absolute atomic E-state index is 12.6. The van der Waals surface area contributed by atoms with E-state index >= 15 is 0 Å². The number of aromatic nitrogens is 2. The van der Waals surface area contributed by atoms with Gasteiger partial charge in [0.1, 0.15) is 25.5 Å². The summed E-state index contributed by atoms with van der Waals surface area (Å²) in [7, 11) is 0. The molecule has 8 nitrogen and oxygen atoms in total. The summed E-state index contributed by atoms with van der Waals surface area (Å²) < 4.78 is 26.1. The Labute approximate surface area is 99.4 Å². The van der Waals surface area contributed by atoms with Gasteiger partial charge in [0, 0.05) is 0 Å². The van der Waals surface area contributed by atoms with Crippen molar-refractivity contribution < 1.29 is 23.6 Å². The number of hydrogen-bond acceptors (Lipinski definition) is 5. The van der Waals surface area contributed by atoms with Gasteiger partial charge in [0.15, 0.2) is 0 Å². The molecular formula is C8H10F2N4O4. The minimum Gasteiger partial charge on any atom is -0.390 e. The average Bonchev–Trinajstić information content (AvgIpc) is 2.75. The van der Waals surface area contributed by atoms with E-state index in [1.54, 1.807) is 0 Å². The fourth-order valence-electron chi connectivity index (χ4n) is 1.02. The van der Waals surface area contributed by atoms with Gasteiger partial charge in [-0.25, -0.2) is 8.78 Å². The minimum absolute atomic E-state index is 0.302. The summed E-state index contributed by atoms with van der Waals surface area (Å²) in [6.45, 7) is -2.80. The van der Waals surface area contributed by atoms with Crippen LogP contribution in [0.5, 0.6) is 0 Å². The molecule has 0 unspecified atom stereocenters. The van der Waals surface area contributed by atoms with Gasteiger partial charge in [0.25, 0.3) is 5.92 Å². The summed E-state index contributed by atoms with van der Waals surface area (Å²) in [5.74, 6) is -4.19. The van der Waals surface area contributed by atoms with E-state index in [2.05, 4.69) is 5.10 Å². The SMILES string of the molecule is O=C(Cn1cc([N+](=O)[O-])cn1)NCC(F)(F)CO. The predicted octanol–water partition coefficient (Wildman–Crippen LogP) is -0.465. The van der Waals surface area contributed by atoms with Crippen LogP contribution >= 0.6 is 0 Å². The maximum Gasteiger partial charge on any atom is 0.307 e. The van der Waals surface area contributed by atoms with Crippen LogP contribution in [0.2, 0.25) is 0 Å². The van der Waals surface area contributed by atoms with Crippen LogP contribution < -0.4 is 5.32 Å². The van der Waals surface area contributed by atoms with Crippen molar-refractivity contribution in [3.05, 3.63) is 22.5 Å². The molecule has 0 fully saturated rings. The lowest BCUT2D eigenvalue weighted by Crippen LogP contribution is -2.40. The molecule has 0 saturated heterocycles. The molecule has 0 aliphatic carbocycles. The maximum atomic E-state index is 12.6. The predicted molar refractivity (Wildman–Crippen MR) is 53.9 cm³/mol. The first-order valence-corrected chi connectivity index (χ1v) is 4.76. The fraction of sp³-hybridized carbons (Fsp3) is 0.500. The monoisotopic (exact) mass is 264 g/mol. The lowest BCUT2D eigenvalue weighted by Gasteiger charge is -2.13. The summed E-state index contributed by atoms with van der Waals surface area (Å²) in [5.41, 5.74) is -0.302. The highest BCUT2D eigenvalue weighted by atomic mass is 19.3. The van der Waals surface area contributed by atoms with E-state index in [9.17, 15) is 23.7 Å². The van der Waals surface area contributed by atoms with Gasteiger partial charge >= 0.3 is 5.69 Å². The highest BCUT2D eigenvalue weighted by Crippen LogP contribution is 2.10. The highest BCUT2D eigenvalue weighted by Gasteiger charge is 2.28. The summed E-state index contributed by atoms with van der Waals surface area (Å²) >= 11 is 0. The Bertz CT molecular complexity index is 448. The van der Waals surface area contributed by atoms with Gasteiger partial charge in [-0.1, -0.05) is 0 Å². The number of nitrogens with zero attached hydrogens (tertiary/aromatic N) is 3. The zero-order chi connectivity index (χ0) is 13.8. The van der Waals surface area contributed by atoms with Gasteiger partial charge in [-0.3, -0.25) is 19.6 Å². The Morgan fingerprint density at radius 1 is 1.67 bits per heavy atom. The number of nitro groups is 1. The molecule has 1 rings (SSSR count). The first-order chi connectivity index (χ1) is 8.34. The van der Waals surface area contributed by atoms with Crippen molar-refractivity contribution in [2.45, 2.75) is 12.5 Å². The number of aliphatic hydroxyl groups is 1. The lowest BCUT2D eigenvalue weighted by atomic mass is 10.3. The third-order valence-electron chi connectivity index (χ3n) is 1.91. The zero-order valence-corrected chi connectivity index (χ0v) is 9.05. The minimum atomic E-state index is -3.40. The van der Waals surface area contributed by atoms with Crippen LogP contribution in [-0.4, -0.2) is 44.8 Å². The van der Waals surface area contributed by atoms with E-state index in [4.69, 9.17) is 5.11 Å². The normalized spacial score (nSPS) is 11.3. The molecule has 1 amide bonds. The molecule has 0 atom stereocenters. The van der Waals surface area contributed by atoms with E-state index in [0.717, 1.165) is 17.1 Å². The molecule has 10 heteroatoms. The number of rotatable bonds is 6. The molecule has 0 aromatic carbocycles. The van der Waals surface area contributed by atoms with Gasteiger partial charge < -0.3 is 10.4 Å². The molecule has 0 bridgehead atoms. The van der Waals surface area contributed by atoms with Crippen LogP contribution in [0, 0.1) is 10.1 Å². The smallest absolute Gasteiger partial charge is 0.307 e. The van der Waals surface area contributed by atoms with Crippen molar-refractivity contribution in [3.63, 3.8) is 0 Å². The number of aliphatic hydroxyl groups excluding tert-OH is 1. The van der Waals surface area contributed by atoms with Gasteiger partial charge in [0.05, 0.1) is 11.5 Å². The molecule has 0 aliphatic heterocycles. The Balaban J connectivity index is 2.47. The number of carbonyl (C=O) groups excluding carboxylic acids is 1. The fourth-order valence-corrected chi connectivity index (χ4v) is 1.02. The van der Waals surface area contributed by atoms with Gasteiger partial charge in [0.2, 0.25) is 5.91 Å². The zero-order valence-electron chi connectivity index (χ0n) is 9.05. The molecule has 0 saturated carbocycles. The number of nitrogens with one attached hydrogen (secondary N) is 1. The van der Waals surface area contributed by atoms with Crippen molar-refractivity contribution in [1.82, 2.24) is 15.1 Å². The molecule has 1 aromatic rings. The molecule has 1 aromatic heterocycles. The number of halogens is 2. The number of carbonyl (C=O) groups is 1. The molecule has 0 spiro atoms. The van der Waals surface area contributed by atoms with Crippen LogP contribution in [0.3, 0.4) is 0 Å². The first kappa shape index (κ1) is 14.0. The van der Waals surface area contributed by atoms with Crippen molar-refractivity contribution in [3.8, 4) is 0 Å². The second-order valence-corrected chi connectivity index (χ2v) is 3.44. The van der Waals surface area contributed by atoms with E-state index < -0.39 is 36.4 Å². The summed E-state index contributed by atoms with van der Waals surface area (Å²) in [5, 5.41) is 24.0. The van der Waals surface area contributed by atoms with Crippen molar-refractivity contribution in [2.24, 2.45) is 0 Å². The third kappa shape index (κ3) is 4.05. The van der Waals surface area contributed by atoms with Crippen LogP contribution in [0.25, 0.3) is 0 Å². The molecule has 1 heterocycles. The van der Waals surface area contributed by atoms with Gasteiger partial charge in [-0.15, -0.1) is 0 Å². The third-order valence-corrected chi connectivity index (χ3v) is 1.91. The Hall–Kier alpha value is -2.10. The molecule has 0 aliphatic rings. The Morgan fingerprint density at radius 3 is 2.83 bits per heavy atom. The Morgan fingerprint density at radius 2 is 2.33 bits per heavy atom. The standard InChI is InChI=1S/C8H10F2N4O4/c9-8(10,5-15)4-11-7(16)3-13-2-6(1-12-13)14(17)18/h1-2,15H,3-5H2,(H,11,16). The van der Waals surface area contributed by atoms with E-state index in [1.807, 2.05) is 5.32 Å². The van der Waals surface area contributed by atoms with Crippen LogP contribution in [0.15, 0.2) is 12.4 Å². The molecule has 0 radical (unpaired) electrons.